The zero-order valence-corrected chi connectivity index (χ0v) is 14.6. The Labute approximate surface area is 146 Å². The Morgan fingerprint density at radius 2 is 2.20 bits per heavy atom. The number of hydrogen-bond donors (Lipinski definition) is 1. The zero-order valence-electron chi connectivity index (χ0n) is 14.6. The van der Waals surface area contributed by atoms with E-state index in [1.165, 1.54) is 0 Å². The molecular formula is C19H23N5O. The smallest absolute Gasteiger partial charge is 0.256 e. The molecule has 0 radical (unpaired) electrons. The van der Waals surface area contributed by atoms with Crippen LogP contribution in [0.4, 0.5) is 0 Å². The van der Waals surface area contributed by atoms with Gasteiger partial charge in [-0.1, -0.05) is 13.8 Å². The van der Waals surface area contributed by atoms with E-state index in [9.17, 15) is 4.79 Å². The van der Waals surface area contributed by atoms with Crippen molar-refractivity contribution in [1.29, 1.82) is 0 Å². The highest BCUT2D eigenvalue weighted by Crippen LogP contribution is 2.27. The van der Waals surface area contributed by atoms with E-state index in [1.807, 2.05) is 29.4 Å². The number of fused-ring (bicyclic) bond motifs is 1. The van der Waals surface area contributed by atoms with Gasteiger partial charge in [0.15, 0.2) is 0 Å². The topological polar surface area (TPSA) is 66.8 Å². The van der Waals surface area contributed by atoms with E-state index in [0.29, 0.717) is 17.5 Å². The summed E-state index contributed by atoms with van der Waals surface area (Å²) in [6.45, 7) is 5.84. The van der Waals surface area contributed by atoms with E-state index in [-0.39, 0.29) is 5.91 Å². The van der Waals surface area contributed by atoms with Crippen LogP contribution < -0.4 is 0 Å². The molecule has 1 aliphatic heterocycles. The molecule has 4 heterocycles. The molecule has 1 atom stereocenters. The standard InChI is InChI=1S/C19H23N5O/c1-13(2)18-21-8-10-24(18)14-5-4-9-23(12-14)19(25)16-11-22-17-15(16)6-3-7-20-17/h3,6-8,10-11,13-14H,4-5,9,12H2,1-2H3,(H,20,22)/t14-/m0/s1. The van der Waals surface area contributed by atoms with E-state index in [2.05, 4.69) is 33.4 Å². The molecule has 0 aromatic carbocycles. The number of aromatic amines is 1. The zero-order chi connectivity index (χ0) is 17.4. The van der Waals surface area contributed by atoms with Crippen molar-refractivity contribution in [1.82, 2.24) is 24.4 Å². The third-order valence-electron chi connectivity index (χ3n) is 4.97. The van der Waals surface area contributed by atoms with Gasteiger partial charge in [0.25, 0.3) is 5.91 Å². The average molecular weight is 337 g/mol. The molecule has 6 heteroatoms. The number of pyridine rings is 1. The second-order valence-electron chi connectivity index (χ2n) is 7.00. The van der Waals surface area contributed by atoms with Gasteiger partial charge < -0.3 is 14.5 Å². The number of amides is 1. The molecule has 130 valence electrons. The number of rotatable bonds is 3. The summed E-state index contributed by atoms with van der Waals surface area (Å²) in [5.41, 5.74) is 1.47. The van der Waals surface area contributed by atoms with Crippen LogP contribution in [0.1, 0.15) is 54.8 Å². The molecule has 0 bridgehead atoms. The van der Waals surface area contributed by atoms with Crippen LogP contribution in [0.2, 0.25) is 0 Å². The van der Waals surface area contributed by atoms with Crippen LogP contribution >= 0.6 is 0 Å². The lowest BCUT2D eigenvalue weighted by Gasteiger charge is -2.34. The molecule has 0 unspecified atom stereocenters. The molecule has 1 amide bonds. The van der Waals surface area contributed by atoms with Gasteiger partial charge in [0, 0.05) is 49.2 Å². The van der Waals surface area contributed by atoms with Gasteiger partial charge in [0.1, 0.15) is 11.5 Å². The molecular weight excluding hydrogens is 314 g/mol. The molecule has 1 aliphatic rings. The van der Waals surface area contributed by atoms with Crippen LogP contribution in [0.5, 0.6) is 0 Å². The van der Waals surface area contributed by atoms with Gasteiger partial charge in [0.2, 0.25) is 0 Å². The van der Waals surface area contributed by atoms with Crippen molar-refractivity contribution in [3.63, 3.8) is 0 Å². The number of H-pyrrole nitrogens is 1. The van der Waals surface area contributed by atoms with Crippen LogP contribution in [0.25, 0.3) is 11.0 Å². The first-order valence-corrected chi connectivity index (χ1v) is 8.89. The predicted molar refractivity (Wildman–Crippen MR) is 96.6 cm³/mol. The highest BCUT2D eigenvalue weighted by atomic mass is 16.2. The molecule has 0 spiro atoms. The molecule has 1 saturated heterocycles. The van der Waals surface area contributed by atoms with Crippen molar-refractivity contribution in [2.45, 2.75) is 38.6 Å². The Morgan fingerprint density at radius 3 is 3.04 bits per heavy atom. The summed E-state index contributed by atoms with van der Waals surface area (Å²) in [7, 11) is 0. The lowest BCUT2D eigenvalue weighted by molar-refractivity contribution is 0.0679. The largest absolute Gasteiger partial charge is 0.345 e. The Hall–Kier alpha value is -2.63. The minimum absolute atomic E-state index is 0.0789. The number of nitrogens with zero attached hydrogens (tertiary/aromatic N) is 4. The van der Waals surface area contributed by atoms with Crippen LogP contribution in [-0.4, -0.2) is 43.4 Å². The van der Waals surface area contributed by atoms with Gasteiger partial charge in [-0.15, -0.1) is 0 Å². The van der Waals surface area contributed by atoms with Gasteiger partial charge in [-0.05, 0) is 25.0 Å². The second kappa shape index (κ2) is 6.35. The van der Waals surface area contributed by atoms with E-state index in [4.69, 9.17) is 0 Å². The minimum Gasteiger partial charge on any atom is -0.345 e. The van der Waals surface area contributed by atoms with Crippen molar-refractivity contribution >= 4 is 16.9 Å². The van der Waals surface area contributed by atoms with Gasteiger partial charge in [-0.2, -0.15) is 0 Å². The van der Waals surface area contributed by atoms with Crippen LogP contribution in [-0.2, 0) is 0 Å². The van der Waals surface area contributed by atoms with E-state index in [0.717, 1.165) is 42.8 Å². The fourth-order valence-corrected chi connectivity index (χ4v) is 3.75. The fourth-order valence-electron chi connectivity index (χ4n) is 3.75. The first-order chi connectivity index (χ1) is 12.1. The molecule has 25 heavy (non-hydrogen) atoms. The summed E-state index contributed by atoms with van der Waals surface area (Å²) in [6.07, 6.45) is 9.50. The predicted octanol–water partition coefficient (Wildman–Crippen LogP) is 3.36. The molecule has 1 fully saturated rings. The van der Waals surface area contributed by atoms with Crippen LogP contribution in [0.15, 0.2) is 36.9 Å². The molecule has 4 rings (SSSR count). The fraction of sp³-hybridized carbons (Fsp3) is 0.421. The molecule has 3 aromatic rings. The lowest BCUT2D eigenvalue weighted by Crippen LogP contribution is -2.41. The molecule has 0 aliphatic carbocycles. The minimum atomic E-state index is 0.0789. The first kappa shape index (κ1) is 15.9. The number of piperidine rings is 1. The Kier molecular flexibility index (Phi) is 4.03. The Bertz CT molecular complexity index is 894. The van der Waals surface area contributed by atoms with Crippen LogP contribution in [0, 0.1) is 0 Å². The van der Waals surface area contributed by atoms with Crippen molar-refractivity contribution in [2.24, 2.45) is 0 Å². The summed E-state index contributed by atoms with van der Waals surface area (Å²) in [5.74, 6) is 1.55. The molecule has 6 nitrogen and oxygen atoms in total. The normalized spacial score (nSPS) is 18.2. The van der Waals surface area contributed by atoms with Gasteiger partial charge in [-0.3, -0.25) is 4.79 Å². The van der Waals surface area contributed by atoms with Crippen molar-refractivity contribution in [3.05, 3.63) is 48.3 Å². The van der Waals surface area contributed by atoms with Crippen LogP contribution in [0.3, 0.4) is 0 Å². The van der Waals surface area contributed by atoms with Gasteiger partial charge in [0.05, 0.1) is 11.6 Å². The summed E-state index contributed by atoms with van der Waals surface area (Å²) in [5, 5.41) is 0.889. The summed E-state index contributed by atoms with van der Waals surface area (Å²) >= 11 is 0. The quantitative estimate of drug-likeness (QED) is 0.797. The maximum absolute atomic E-state index is 13.1. The highest BCUT2D eigenvalue weighted by molar-refractivity contribution is 6.05. The number of likely N-dealkylation sites (tertiary alicyclic amines) is 1. The average Bonchev–Trinajstić information content (AvgIpc) is 3.28. The summed E-state index contributed by atoms with van der Waals surface area (Å²) in [6, 6.07) is 4.10. The van der Waals surface area contributed by atoms with Gasteiger partial charge >= 0.3 is 0 Å². The van der Waals surface area contributed by atoms with Crippen molar-refractivity contribution in [2.75, 3.05) is 13.1 Å². The maximum atomic E-state index is 13.1. The number of hydrogen-bond acceptors (Lipinski definition) is 3. The monoisotopic (exact) mass is 337 g/mol. The summed E-state index contributed by atoms with van der Waals surface area (Å²) in [4.78, 5) is 26.9. The molecule has 1 N–H and O–H groups in total. The maximum Gasteiger partial charge on any atom is 0.256 e. The lowest BCUT2D eigenvalue weighted by atomic mass is 10.0. The third kappa shape index (κ3) is 2.81. The Morgan fingerprint density at radius 1 is 1.32 bits per heavy atom. The first-order valence-electron chi connectivity index (χ1n) is 8.89. The number of carbonyl (C=O) groups excluding carboxylic acids is 1. The molecule has 0 saturated carbocycles. The van der Waals surface area contributed by atoms with E-state index in [1.54, 1.807) is 12.4 Å². The number of nitrogens with one attached hydrogen (secondary N) is 1. The second-order valence-corrected chi connectivity index (χ2v) is 7.00. The number of imidazole rings is 1. The number of carbonyl (C=O) groups is 1. The van der Waals surface area contributed by atoms with Crippen molar-refractivity contribution < 1.29 is 4.79 Å². The number of aromatic nitrogens is 4. The summed E-state index contributed by atoms with van der Waals surface area (Å²) < 4.78 is 2.25. The van der Waals surface area contributed by atoms with E-state index < -0.39 is 0 Å². The molecule has 3 aromatic heterocycles. The SMILES string of the molecule is CC(C)c1nccn1[C@H]1CCCN(C(=O)c2c[nH]c3ncccc23)C1. The Balaban J connectivity index is 1.59. The van der Waals surface area contributed by atoms with E-state index >= 15 is 0 Å². The third-order valence-corrected chi connectivity index (χ3v) is 4.97. The van der Waals surface area contributed by atoms with Gasteiger partial charge in [-0.25, -0.2) is 9.97 Å². The highest BCUT2D eigenvalue weighted by Gasteiger charge is 2.28. The van der Waals surface area contributed by atoms with Crippen molar-refractivity contribution in [3.8, 4) is 0 Å².